The fraction of sp³-hybridized carbons (Fsp3) is 0.333. The molecule has 1 heterocycles. The molecule has 1 aromatic heterocycles. The van der Waals surface area contributed by atoms with Crippen LogP contribution in [0.1, 0.15) is 19.2 Å². The molecule has 4 nitrogen and oxygen atoms in total. The van der Waals surface area contributed by atoms with Crippen molar-refractivity contribution in [1.82, 2.24) is 14.8 Å². The summed E-state index contributed by atoms with van der Waals surface area (Å²) in [6, 6.07) is 5.95. The van der Waals surface area contributed by atoms with E-state index in [9.17, 15) is 5.11 Å². The van der Waals surface area contributed by atoms with Crippen molar-refractivity contribution in [2.45, 2.75) is 26.5 Å². The summed E-state index contributed by atoms with van der Waals surface area (Å²) in [5, 5.41) is 17.5. The van der Waals surface area contributed by atoms with Crippen LogP contribution in [0.3, 0.4) is 0 Å². The van der Waals surface area contributed by atoms with E-state index in [1.807, 2.05) is 22.8 Å². The van der Waals surface area contributed by atoms with Gasteiger partial charge in [-0.3, -0.25) is 0 Å². The van der Waals surface area contributed by atoms with Gasteiger partial charge in [0.15, 0.2) is 11.6 Å². The van der Waals surface area contributed by atoms with Crippen LogP contribution in [0.2, 0.25) is 0 Å². The maximum atomic E-state index is 9.27. The van der Waals surface area contributed by atoms with Gasteiger partial charge in [-0.2, -0.15) is 0 Å². The molecule has 0 radical (unpaired) electrons. The number of rotatable bonds is 4. The second-order valence-electron chi connectivity index (χ2n) is 3.91. The van der Waals surface area contributed by atoms with Crippen LogP contribution in [0.15, 0.2) is 27.1 Å². The lowest BCUT2D eigenvalue weighted by atomic mass is 10.2. The number of halogens is 2. The van der Waals surface area contributed by atoms with E-state index in [4.69, 9.17) is 0 Å². The Balaban J connectivity index is 2.52. The molecule has 0 atom stereocenters. The molecule has 0 unspecified atom stereocenters. The number of aliphatic hydroxyl groups is 1. The van der Waals surface area contributed by atoms with Crippen LogP contribution in [0.5, 0.6) is 0 Å². The number of aliphatic hydroxyl groups excluding tert-OH is 1. The highest BCUT2D eigenvalue weighted by Crippen LogP contribution is 2.27. The van der Waals surface area contributed by atoms with Gasteiger partial charge < -0.3 is 9.67 Å². The Bertz CT molecular complexity index is 534. The van der Waals surface area contributed by atoms with E-state index in [1.165, 1.54) is 0 Å². The minimum absolute atomic E-state index is 0.0951. The van der Waals surface area contributed by atoms with Gasteiger partial charge in [0.05, 0.1) is 0 Å². The zero-order valence-electron chi connectivity index (χ0n) is 9.90. The van der Waals surface area contributed by atoms with E-state index in [1.54, 1.807) is 0 Å². The largest absolute Gasteiger partial charge is 0.388 e. The molecule has 6 heteroatoms. The predicted molar refractivity (Wildman–Crippen MR) is 77.1 cm³/mol. The van der Waals surface area contributed by atoms with Crippen molar-refractivity contribution >= 4 is 31.9 Å². The predicted octanol–water partition coefficient (Wildman–Crippen LogP) is 3.37. The van der Waals surface area contributed by atoms with Crippen molar-refractivity contribution in [1.29, 1.82) is 0 Å². The summed E-state index contributed by atoms with van der Waals surface area (Å²) in [6.07, 6.45) is 0.965. The quantitative estimate of drug-likeness (QED) is 0.892. The number of hydrogen-bond donors (Lipinski definition) is 1. The smallest absolute Gasteiger partial charge is 0.164 e. The molecule has 2 rings (SSSR count). The molecule has 1 aromatic carbocycles. The first-order chi connectivity index (χ1) is 8.65. The van der Waals surface area contributed by atoms with Crippen LogP contribution < -0.4 is 0 Å². The monoisotopic (exact) mass is 373 g/mol. The van der Waals surface area contributed by atoms with Gasteiger partial charge in [0.25, 0.3) is 0 Å². The van der Waals surface area contributed by atoms with Crippen molar-refractivity contribution in [3.63, 3.8) is 0 Å². The van der Waals surface area contributed by atoms with Crippen molar-refractivity contribution in [3.8, 4) is 11.4 Å². The highest BCUT2D eigenvalue weighted by Gasteiger charge is 2.13. The maximum Gasteiger partial charge on any atom is 0.164 e. The molecule has 2 aromatic rings. The fourth-order valence-electron chi connectivity index (χ4n) is 1.81. The molecule has 0 saturated carbocycles. The van der Waals surface area contributed by atoms with E-state index in [2.05, 4.69) is 49.0 Å². The average molecular weight is 375 g/mol. The molecular formula is C12H13Br2N3O. The van der Waals surface area contributed by atoms with E-state index >= 15 is 0 Å². The van der Waals surface area contributed by atoms with Gasteiger partial charge in [0.2, 0.25) is 0 Å². The molecule has 0 saturated heterocycles. The molecule has 18 heavy (non-hydrogen) atoms. The average Bonchev–Trinajstić information content (AvgIpc) is 2.71. The molecule has 0 amide bonds. The molecule has 0 bridgehead atoms. The standard InChI is InChI=1S/C12H13Br2N3O/c1-2-3-17-11(7-18)15-16-12(17)8-4-9(13)6-10(14)5-8/h4-6,18H,2-3,7H2,1H3. The van der Waals surface area contributed by atoms with Gasteiger partial charge in [0.1, 0.15) is 6.61 Å². The second kappa shape index (κ2) is 5.95. The summed E-state index contributed by atoms with van der Waals surface area (Å²) >= 11 is 6.92. The Morgan fingerprint density at radius 2 is 1.83 bits per heavy atom. The summed E-state index contributed by atoms with van der Waals surface area (Å²) in [5.74, 6) is 1.38. The Kier molecular flexibility index (Phi) is 4.53. The third kappa shape index (κ3) is 2.81. The zero-order chi connectivity index (χ0) is 13.1. The molecule has 0 spiro atoms. The normalized spacial score (nSPS) is 10.9. The first kappa shape index (κ1) is 13.7. The summed E-state index contributed by atoms with van der Waals surface area (Å²) in [6.45, 7) is 2.78. The van der Waals surface area contributed by atoms with Gasteiger partial charge in [-0.25, -0.2) is 0 Å². The van der Waals surface area contributed by atoms with E-state index < -0.39 is 0 Å². The molecule has 96 valence electrons. The van der Waals surface area contributed by atoms with Gasteiger partial charge in [-0.15, -0.1) is 10.2 Å². The Morgan fingerprint density at radius 3 is 2.39 bits per heavy atom. The number of aromatic nitrogens is 3. The second-order valence-corrected chi connectivity index (χ2v) is 5.74. The van der Waals surface area contributed by atoms with Crippen molar-refractivity contribution in [2.24, 2.45) is 0 Å². The van der Waals surface area contributed by atoms with E-state index in [-0.39, 0.29) is 6.61 Å². The van der Waals surface area contributed by atoms with Crippen LogP contribution in [0, 0.1) is 0 Å². The summed E-state index contributed by atoms with van der Waals surface area (Å²) in [5.41, 5.74) is 0.969. The zero-order valence-corrected chi connectivity index (χ0v) is 13.1. The van der Waals surface area contributed by atoms with Gasteiger partial charge >= 0.3 is 0 Å². The molecule has 0 aliphatic rings. The Morgan fingerprint density at radius 1 is 1.17 bits per heavy atom. The van der Waals surface area contributed by atoms with Crippen molar-refractivity contribution in [2.75, 3.05) is 0 Å². The van der Waals surface area contributed by atoms with Crippen molar-refractivity contribution in [3.05, 3.63) is 33.0 Å². The topological polar surface area (TPSA) is 50.9 Å². The van der Waals surface area contributed by atoms with E-state index in [0.717, 1.165) is 33.3 Å². The highest BCUT2D eigenvalue weighted by molar-refractivity contribution is 9.11. The molecule has 0 aliphatic carbocycles. The number of benzene rings is 1. The third-order valence-electron chi connectivity index (χ3n) is 2.54. The first-order valence-electron chi connectivity index (χ1n) is 5.65. The lowest BCUT2D eigenvalue weighted by Gasteiger charge is -2.08. The molecular weight excluding hydrogens is 362 g/mol. The number of nitrogens with zero attached hydrogens (tertiary/aromatic N) is 3. The van der Waals surface area contributed by atoms with Gasteiger partial charge in [-0.05, 0) is 24.6 Å². The van der Waals surface area contributed by atoms with Gasteiger partial charge in [-0.1, -0.05) is 38.8 Å². The van der Waals surface area contributed by atoms with Crippen LogP contribution in [-0.4, -0.2) is 19.9 Å². The maximum absolute atomic E-state index is 9.27. The Labute approximate surface area is 122 Å². The first-order valence-corrected chi connectivity index (χ1v) is 7.23. The van der Waals surface area contributed by atoms with Crippen molar-refractivity contribution < 1.29 is 5.11 Å². The van der Waals surface area contributed by atoms with E-state index in [0.29, 0.717) is 5.82 Å². The summed E-state index contributed by atoms with van der Waals surface area (Å²) in [4.78, 5) is 0. The summed E-state index contributed by atoms with van der Waals surface area (Å²) in [7, 11) is 0. The van der Waals surface area contributed by atoms with Crippen LogP contribution in [-0.2, 0) is 13.2 Å². The van der Waals surface area contributed by atoms with Gasteiger partial charge in [0, 0.05) is 21.1 Å². The number of hydrogen-bond acceptors (Lipinski definition) is 3. The molecule has 0 fully saturated rings. The Hall–Kier alpha value is -0.720. The van der Waals surface area contributed by atoms with Crippen LogP contribution in [0.25, 0.3) is 11.4 Å². The van der Waals surface area contributed by atoms with Crippen LogP contribution >= 0.6 is 31.9 Å². The van der Waals surface area contributed by atoms with Crippen LogP contribution in [0.4, 0.5) is 0 Å². The SMILES string of the molecule is CCCn1c(CO)nnc1-c1cc(Br)cc(Br)c1. The highest BCUT2D eigenvalue weighted by atomic mass is 79.9. The summed E-state index contributed by atoms with van der Waals surface area (Å²) < 4.78 is 3.90. The fourth-order valence-corrected chi connectivity index (χ4v) is 3.10. The minimum Gasteiger partial charge on any atom is -0.388 e. The third-order valence-corrected chi connectivity index (χ3v) is 3.45. The molecule has 0 aliphatic heterocycles. The molecule has 1 N–H and O–H groups in total. The minimum atomic E-state index is -0.0951. The lowest BCUT2D eigenvalue weighted by Crippen LogP contribution is -2.05. The lowest BCUT2D eigenvalue weighted by molar-refractivity contribution is 0.264.